The molecule has 2 rings (SSSR count). The third-order valence-electron chi connectivity index (χ3n) is 3.23. The van der Waals surface area contributed by atoms with Gasteiger partial charge in [-0.25, -0.2) is 0 Å². The van der Waals surface area contributed by atoms with Crippen LogP contribution >= 0.6 is 0 Å². The molecular weight excluding hydrogens is 190 g/mol. The van der Waals surface area contributed by atoms with Gasteiger partial charge in [-0.05, 0) is 30.9 Å². The number of aliphatic hydroxyl groups is 2. The molecule has 0 saturated carbocycles. The largest absolute Gasteiger partial charge is 0.390 e. The Balaban J connectivity index is 2.20. The number of nitrogens with zero attached hydrogens (tertiary/aromatic N) is 1. The summed E-state index contributed by atoms with van der Waals surface area (Å²) in [7, 11) is 0. The molecule has 1 aromatic rings. The van der Waals surface area contributed by atoms with Crippen molar-refractivity contribution in [2.45, 2.75) is 44.3 Å². The summed E-state index contributed by atoms with van der Waals surface area (Å²) in [6, 6.07) is 3.97. The average Bonchev–Trinajstić information content (AvgIpc) is 2.70. The van der Waals surface area contributed by atoms with Gasteiger partial charge in [0.1, 0.15) is 0 Å². The molecule has 1 aromatic heterocycles. The number of pyridine rings is 1. The molecule has 3 unspecified atom stereocenters. The first kappa shape index (κ1) is 10.6. The van der Waals surface area contributed by atoms with Crippen LogP contribution in [0, 0.1) is 0 Å². The molecule has 15 heavy (non-hydrogen) atoms. The Bertz CT molecular complexity index is 340. The van der Waals surface area contributed by atoms with Crippen LogP contribution in [0.4, 0.5) is 0 Å². The molecule has 2 N–H and O–H groups in total. The molecule has 0 bridgehead atoms. The second-order valence-corrected chi connectivity index (χ2v) is 4.16. The van der Waals surface area contributed by atoms with E-state index in [-0.39, 0.29) is 5.92 Å². The van der Waals surface area contributed by atoms with Crippen LogP contribution in [-0.2, 0) is 6.42 Å². The van der Waals surface area contributed by atoms with Gasteiger partial charge in [-0.15, -0.1) is 0 Å². The molecule has 0 aliphatic heterocycles. The lowest BCUT2D eigenvalue weighted by Gasteiger charge is -2.22. The van der Waals surface area contributed by atoms with E-state index in [0.717, 1.165) is 18.5 Å². The summed E-state index contributed by atoms with van der Waals surface area (Å²) >= 11 is 0. The molecule has 1 aliphatic rings. The Morgan fingerprint density at radius 3 is 3.07 bits per heavy atom. The molecule has 0 fully saturated rings. The van der Waals surface area contributed by atoms with E-state index in [1.807, 2.05) is 19.1 Å². The summed E-state index contributed by atoms with van der Waals surface area (Å²) in [4.78, 5) is 4.31. The van der Waals surface area contributed by atoms with Gasteiger partial charge in [0.05, 0.1) is 12.2 Å². The van der Waals surface area contributed by atoms with Crippen molar-refractivity contribution in [2.75, 3.05) is 0 Å². The van der Waals surface area contributed by atoms with Crippen LogP contribution in [0.25, 0.3) is 0 Å². The van der Waals surface area contributed by atoms with Crippen molar-refractivity contribution in [3.05, 3.63) is 29.6 Å². The molecule has 0 spiro atoms. The SMILES string of the molecule is CCC(O)C(O)C1CCc2cccnc21. The number of aliphatic hydroxyl groups excluding tert-OH is 2. The topological polar surface area (TPSA) is 53.4 Å². The van der Waals surface area contributed by atoms with Gasteiger partial charge in [-0.1, -0.05) is 13.0 Å². The first-order chi connectivity index (χ1) is 7.24. The van der Waals surface area contributed by atoms with Crippen molar-refractivity contribution in [3.63, 3.8) is 0 Å². The van der Waals surface area contributed by atoms with E-state index < -0.39 is 12.2 Å². The third kappa shape index (κ3) is 1.90. The van der Waals surface area contributed by atoms with E-state index in [9.17, 15) is 10.2 Å². The summed E-state index contributed by atoms with van der Waals surface area (Å²) in [6.07, 6.45) is 2.88. The zero-order valence-electron chi connectivity index (χ0n) is 8.93. The Labute approximate surface area is 89.8 Å². The van der Waals surface area contributed by atoms with E-state index in [1.54, 1.807) is 6.20 Å². The van der Waals surface area contributed by atoms with E-state index in [4.69, 9.17) is 0 Å². The summed E-state index contributed by atoms with van der Waals surface area (Å²) < 4.78 is 0. The van der Waals surface area contributed by atoms with Crippen molar-refractivity contribution < 1.29 is 10.2 Å². The summed E-state index contributed by atoms with van der Waals surface area (Å²) in [5.41, 5.74) is 2.18. The van der Waals surface area contributed by atoms with Crippen LogP contribution in [-0.4, -0.2) is 27.4 Å². The van der Waals surface area contributed by atoms with Gasteiger partial charge in [-0.3, -0.25) is 4.98 Å². The van der Waals surface area contributed by atoms with Crippen molar-refractivity contribution >= 4 is 0 Å². The second kappa shape index (κ2) is 4.29. The lowest BCUT2D eigenvalue weighted by Crippen LogP contribution is -2.31. The number of aryl methyl sites for hydroxylation is 1. The Morgan fingerprint density at radius 1 is 1.53 bits per heavy atom. The smallest absolute Gasteiger partial charge is 0.0882 e. The highest BCUT2D eigenvalue weighted by atomic mass is 16.3. The fraction of sp³-hybridized carbons (Fsp3) is 0.583. The van der Waals surface area contributed by atoms with Crippen molar-refractivity contribution in [1.82, 2.24) is 4.98 Å². The minimum Gasteiger partial charge on any atom is -0.390 e. The van der Waals surface area contributed by atoms with Gasteiger partial charge in [0, 0.05) is 17.8 Å². The van der Waals surface area contributed by atoms with Crippen molar-refractivity contribution in [3.8, 4) is 0 Å². The average molecular weight is 207 g/mol. The van der Waals surface area contributed by atoms with E-state index in [0.29, 0.717) is 6.42 Å². The minimum atomic E-state index is -0.675. The van der Waals surface area contributed by atoms with Crippen LogP contribution in [0.5, 0.6) is 0 Å². The normalized spacial score (nSPS) is 23.5. The highest BCUT2D eigenvalue weighted by Crippen LogP contribution is 2.35. The van der Waals surface area contributed by atoms with E-state index in [2.05, 4.69) is 4.98 Å². The third-order valence-corrected chi connectivity index (χ3v) is 3.23. The fourth-order valence-electron chi connectivity index (χ4n) is 2.29. The molecule has 3 atom stereocenters. The Kier molecular flexibility index (Phi) is 3.03. The zero-order valence-corrected chi connectivity index (χ0v) is 8.93. The zero-order chi connectivity index (χ0) is 10.8. The van der Waals surface area contributed by atoms with Gasteiger partial charge >= 0.3 is 0 Å². The number of rotatable bonds is 3. The van der Waals surface area contributed by atoms with Gasteiger partial charge in [0.25, 0.3) is 0 Å². The summed E-state index contributed by atoms with van der Waals surface area (Å²) in [5.74, 6) is 0.0103. The molecule has 3 heteroatoms. The molecule has 1 heterocycles. The van der Waals surface area contributed by atoms with Crippen LogP contribution < -0.4 is 0 Å². The first-order valence-electron chi connectivity index (χ1n) is 5.54. The van der Waals surface area contributed by atoms with Crippen LogP contribution in [0.2, 0.25) is 0 Å². The van der Waals surface area contributed by atoms with Crippen molar-refractivity contribution in [1.29, 1.82) is 0 Å². The van der Waals surface area contributed by atoms with Crippen molar-refractivity contribution in [2.24, 2.45) is 0 Å². The minimum absolute atomic E-state index is 0.0103. The van der Waals surface area contributed by atoms with Gasteiger partial charge < -0.3 is 10.2 Å². The molecule has 0 saturated heterocycles. The Morgan fingerprint density at radius 2 is 2.33 bits per heavy atom. The molecule has 3 nitrogen and oxygen atoms in total. The molecule has 0 radical (unpaired) electrons. The first-order valence-corrected chi connectivity index (χ1v) is 5.54. The summed E-state index contributed by atoms with van der Waals surface area (Å²) in [6.45, 7) is 1.88. The number of hydrogen-bond acceptors (Lipinski definition) is 3. The lowest BCUT2D eigenvalue weighted by molar-refractivity contribution is 0.000397. The van der Waals surface area contributed by atoms with E-state index in [1.165, 1.54) is 5.56 Å². The molecule has 0 aromatic carbocycles. The lowest BCUT2D eigenvalue weighted by atomic mass is 9.94. The molecule has 1 aliphatic carbocycles. The quantitative estimate of drug-likeness (QED) is 0.784. The standard InChI is InChI=1S/C12H17NO2/c1-2-10(14)12(15)9-6-5-8-4-3-7-13-11(8)9/h3-4,7,9-10,12,14-15H,2,5-6H2,1H3. The number of fused-ring (bicyclic) bond motifs is 1. The molecule has 0 amide bonds. The monoisotopic (exact) mass is 207 g/mol. The van der Waals surface area contributed by atoms with Gasteiger partial charge in [-0.2, -0.15) is 0 Å². The van der Waals surface area contributed by atoms with E-state index >= 15 is 0 Å². The molecule has 82 valence electrons. The maximum atomic E-state index is 9.97. The highest BCUT2D eigenvalue weighted by Gasteiger charge is 2.32. The highest BCUT2D eigenvalue weighted by molar-refractivity contribution is 5.29. The predicted octanol–water partition coefficient (Wildman–Crippen LogP) is 1.24. The second-order valence-electron chi connectivity index (χ2n) is 4.16. The predicted molar refractivity (Wildman–Crippen MR) is 57.6 cm³/mol. The van der Waals surface area contributed by atoms with Gasteiger partial charge in [0.15, 0.2) is 0 Å². The maximum Gasteiger partial charge on any atom is 0.0882 e. The maximum absolute atomic E-state index is 9.97. The molecular formula is C12H17NO2. The van der Waals surface area contributed by atoms with Crippen LogP contribution in [0.15, 0.2) is 18.3 Å². The fourth-order valence-corrected chi connectivity index (χ4v) is 2.29. The van der Waals surface area contributed by atoms with Crippen LogP contribution in [0.1, 0.15) is 36.9 Å². The number of hydrogen-bond donors (Lipinski definition) is 2. The summed E-state index contributed by atoms with van der Waals surface area (Å²) in [5, 5.41) is 19.6. The Hall–Kier alpha value is -0.930. The van der Waals surface area contributed by atoms with Crippen LogP contribution in [0.3, 0.4) is 0 Å². The van der Waals surface area contributed by atoms with Gasteiger partial charge in [0.2, 0.25) is 0 Å². The number of aromatic nitrogens is 1.